The maximum Gasteiger partial charge on any atom is 0.241 e. The Hall–Kier alpha value is -2.73. The van der Waals surface area contributed by atoms with Gasteiger partial charge in [-0.1, -0.05) is 25.1 Å². The molecule has 26 heavy (non-hydrogen) atoms. The van der Waals surface area contributed by atoms with Crippen molar-refractivity contribution in [1.82, 2.24) is 4.90 Å². The van der Waals surface area contributed by atoms with E-state index >= 15 is 0 Å². The summed E-state index contributed by atoms with van der Waals surface area (Å²) < 4.78 is 12.9. The number of nitrogens with one attached hydrogen (secondary N) is 2. The first-order chi connectivity index (χ1) is 12.4. The Balaban J connectivity index is 1.90. The fourth-order valence-electron chi connectivity index (χ4n) is 2.48. The standard InChI is InChI=1S/C20H24FN3O2/c1-4-15-7-5-6-8-18(15)23-19(25)13-24(3)14(2)20(26)22-17-11-9-16(21)10-12-17/h5-12,14H,4,13H2,1-3H3,(H,22,26)(H,23,25)/t14-/m0/s1. The minimum atomic E-state index is -0.521. The van der Waals surface area contributed by atoms with Crippen molar-refractivity contribution >= 4 is 23.2 Å². The Labute approximate surface area is 153 Å². The molecule has 0 bridgehead atoms. The first-order valence-electron chi connectivity index (χ1n) is 8.55. The van der Waals surface area contributed by atoms with Crippen molar-refractivity contribution in [2.24, 2.45) is 0 Å². The van der Waals surface area contributed by atoms with E-state index in [4.69, 9.17) is 0 Å². The Morgan fingerprint density at radius 3 is 2.38 bits per heavy atom. The SMILES string of the molecule is CCc1ccccc1NC(=O)CN(C)[C@@H](C)C(=O)Nc1ccc(F)cc1. The Kier molecular flexibility index (Phi) is 6.86. The number of anilines is 2. The third-order valence-corrected chi connectivity index (χ3v) is 4.22. The quantitative estimate of drug-likeness (QED) is 0.799. The van der Waals surface area contributed by atoms with Crippen molar-refractivity contribution in [2.75, 3.05) is 24.2 Å². The molecule has 0 heterocycles. The van der Waals surface area contributed by atoms with Crippen molar-refractivity contribution in [3.05, 3.63) is 59.9 Å². The number of likely N-dealkylation sites (N-methyl/N-ethyl adjacent to an activating group) is 1. The van der Waals surface area contributed by atoms with Crippen LogP contribution >= 0.6 is 0 Å². The molecule has 1 atom stereocenters. The lowest BCUT2D eigenvalue weighted by molar-refractivity contribution is -0.122. The maximum absolute atomic E-state index is 12.9. The van der Waals surface area contributed by atoms with E-state index in [1.165, 1.54) is 24.3 Å². The molecule has 0 fully saturated rings. The lowest BCUT2D eigenvalue weighted by Gasteiger charge is -2.23. The molecule has 0 saturated heterocycles. The first-order valence-corrected chi connectivity index (χ1v) is 8.55. The molecule has 138 valence electrons. The van der Waals surface area contributed by atoms with Crippen LogP contribution in [0.3, 0.4) is 0 Å². The van der Waals surface area contributed by atoms with Gasteiger partial charge in [0.05, 0.1) is 12.6 Å². The normalized spacial score (nSPS) is 11.9. The summed E-state index contributed by atoms with van der Waals surface area (Å²) >= 11 is 0. The average molecular weight is 357 g/mol. The third kappa shape index (κ3) is 5.39. The van der Waals surface area contributed by atoms with E-state index < -0.39 is 6.04 Å². The molecule has 6 heteroatoms. The average Bonchev–Trinajstić information content (AvgIpc) is 2.63. The summed E-state index contributed by atoms with van der Waals surface area (Å²) in [5.74, 6) is -0.812. The van der Waals surface area contributed by atoms with E-state index in [0.29, 0.717) is 5.69 Å². The molecule has 2 aromatic carbocycles. The molecular formula is C20H24FN3O2. The smallest absolute Gasteiger partial charge is 0.241 e. The Bertz CT molecular complexity index is 762. The van der Waals surface area contributed by atoms with Crippen LogP contribution in [0.4, 0.5) is 15.8 Å². The highest BCUT2D eigenvalue weighted by Gasteiger charge is 2.20. The number of rotatable bonds is 7. The van der Waals surface area contributed by atoms with Crippen LogP contribution in [0.5, 0.6) is 0 Å². The summed E-state index contributed by atoms with van der Waals surface area (Å²) in [4.78, 5) is 26.2. The first kappa shape index (κ1) is 19.6. The lowest BCUT2D eigenvalue weighted by atomic mass is 10.1. The van der Waals surface area contributed by atoms with Gasteiger partial charge in [0.2, 0.25) is 11.8 Å². The molecule has 2 N–H and O–H groups in total. The lowest BCUT2D eigenvalue weighted by Crippen LogP contribution is -2.43. The summed E-state index contributed by atoms with van der Waals surface area (Å²) in [6.45, 7) is 3.82. The molecule has 0 radical (unpaired) electrons. The van der Waals surface area contributed by atoms with Gasteiger partial charge in [0.1, 0.15) is 5.82 Å². The van der Waals surface area contributed by atoms with Gasteiger partial charge in [-0.05, 0) is 56.3 Å². The summed E-state index contributed by atoms with van der Waals surface area (Å²) in [6.07, 6.45) is 0.822. The number of para-hydroxylation sites is 1. The number of halogens is 1. The zero-order valence-electron chi connectivity index (χ0n) is 15.3. The topological polar surface area (TPSA) is 61.4 Å². The van der Waals surface area contributed by atoms with E-state index in [-0.39, 0.29) is 24.2 Å². The largest absolute Gasteiger partial charge is 0.325 e. The summed E-state index contributed by atoms with van der Waals surface area (Å²) in [6, 6.07) is 12.7. The highest BCUT2D eigenvalue weighted by molar-refractivity contribution is 5.96. The number of carbonyl (C=O) groups is 2. The highest BCUT2D eigenvalue weighted by Crippen LogP contribution is 2.15. The maximum atomic E-state index is 12.9. The van der Waals surface area contributed by atoms with Gasteiger partial charge in [-0.25, -0.2) is 4.39 Å². The van der Waals surface area contributed by atoms with Gasteiger partial charge in [0.25, 0.3) is 0 Å². The van der Waals surface area contributed by atoms with Crippen molar-refractivity contribution in [1.29, 1.82) is 0 Å². The molecule has 0 aliphatic carbocycles. The second kappa shape index (κ2) is 9.10. The van der Waals surface area contributed by atoms with Crippen LogP contribution in [0.25, 0.3) is 0 Å². The van der Waals surface area contributed by atoms with Crippen molar-refractivity contribution in [3.63, 3.8) is 0 Å². The highest BCUT2D eigenvalue weighted by atomic mass is 19.1. The molecule has 0 spiro atoms. The predicted octanol–water partition coefficient (Wildman–Crippen LogP) is 3.29. The van der Waals surface area contributed by atoms with E-state index in [9.17, 15) is 14.0 Å². The molecule has 0 saturated carbocycles. The zero-order chi connectivity index (χ0) is 19.1. The van der Waals surface area contributed by atoms with Crippen LogP contribution in [-0.2, 0) is 16.0 Å². The molecule has 5 nitrogen and oxygen atoms in total. The number of carbonyl (C=O) groups excluding carboxylic acids is 2. The van der Waals surface area contributed by atoms with E-state index in [2.05, 4.69) is 10.6 Å². The van der Waals surface area contributed by atoms with Crippen LogP contribution in [0.2, 0.25) is 0 Å². The van der Waals surface area contributed by atoms with Gasteiger partial charge in [-0.15, -0.1) is 0 Å². The summed E-state index contributed by atoms with van der Waals surface area (Å²) in [5, 5.41) is 5.60. The number of hydrogen-bond donors (Lipinski definition) is 2. The zero-order valence-corrected chi connectivity index (χ0v) is 15.3. The second-order valence-electron chi connectivity index (χ2n) is 6.15. The predicted molar refractivity (Wildman–Crippen MR) is 102 cm³/mol. The Morgan fingerprint density at radius 2 is 1.73 bits per heavy atom. The fraction of sp³-hybridized carbons (Fsp3) is 0.300. The third-order valence-electron chi connectivity index (χ3n) is 4.22. The Morgan fingerprint density at radius 1 is 1.08 bits per heavy atom. The number of nitrogens with zero attached hydrogens (tertiary/aromatic N) is 1. The van der Waals surface area contributed by atoms with E-state index in [0.717, 1.165) is 17.7 Å². The molecular weight excluding hydrogens is 333 g/mol. The molecule has 0 unspecified atom stereocenters. The van der Waals surface area contributed by atoms with Crippen LogP contribution in [0.15, 0.2) is 48.5 Å². The molecule has 2 aromatic rings. The van der Waals surface area contributed by atoms with Crippen molar-refractivity contribution in [3.8, 4) is 0 Å². The molecule has 2 rings (SSSR count). The number of aryl methyl sites for hydroxylation is 1. The van der Waals surface area contributed by atoms with Gasteiger partial charge in [-0.2, -0.15) is 0 Å². The van der Waals surface area contributed by atoms with Crippen molar-refractivity contribution in [2.45, 2.75) is 26.3 Å². The minimum Gasteiger partial charge on any atom is -0.325 e. The molecule has 0 aliphatic heterocycles. The van der Waals surface area contributed by atoms with Gasteiger partial charge in [0, 0.05) is 11.4 Å². The van der Waals surface area contributed by atoms with E-state index in [1.54, 1.807) is 18.9 Å². The van der Waals surface area contributed by atoms with Crippen LogP contribution in [0, 0.1) is 5.82 Å². The number of hydrogen-bond acceptors (Lipinski definition) is 3. The van der Waals surface area contributed by atoms with Gasteiger partial charge in [0.15, 0.2) is 0 Å². The molecule has 0 aliphatic rings. The summed E-state index contributed by atoms with van der Waals surface area (Å²) in [7, 11) is 1.71. The number of benzene rings is 2. The van der Waals surface area contributed by atoms with Gasteiger partial charge < -0.3 is 10.6 Å². The van der Waals surface area contributed by atoms with Crippen LogP contribution < -0.4 is 10.6 Å². The molecule has 0 aromatic heterocycles. The van der Waals surface area contributed by atoms with E-state index in [1.807, 2.05) is 31.2 Å². The molecule has 2 amide bonds. The second-order valence-corrected chi connectivity index (χ2v) is 6.15. The monoisotopic (exact) mass is 357 g/mol. The van der Waals surface area contributed by atoms with Crippen LogP contribution in [0.1, 0.15) is 19.4 Å². The van der Waals surface area contributed by atoms with Crippen molar-refractivity contribution < 1.29 is 14.0 Å². The number of amides is 2. The van der Waals surface area contributed by atoms with Crippen LogP contribution in [-0.4, -0.2) is 36.3 Å². The minimum absolute atomic E-state index is 0.0794. The van der Waals surface area contributed by atoms with Gasteiger partial charge in [-0.3, -0.25) is 14.5 Å². The van der Waals surface area contributed by atoms with Gasteiger partial charge >= 0.3 is 0 Å². The summed E-state index contributed by atoms with van der Waals surface area (Å²) in [5.41, 5.74) is 2.36. The fourth-order valence-corrected chi connectivity index (χ4v) is 2.48.